The van der Waals surface area contributed by atoms with Crippen LogP contribution in [0.25, 0.3) is 5.69 Å². The fourth-order valence-electron chi connectivity index (χ4n) is 2.36. The van der Waals surface area contributed by atoms with Gasteiger partial charge in [0.1, 0.15) is 6.33 Å². The van der Waals surface area contributed by atoms with Crippen molar-refractivity contribution in [1.82, 2.24) is 20.2 Å². The van der Waals surface area contributed by atoms with Crippen LogP contribution in [0.1, 0.15) is 10.4 Å². The van der Waals surface area contributed by atoms with E-state index in [1.807, 2.05) is 0 Å². The summed E-state index contributed by atoms with van der Waals surface area (Å²) in [4.78, 5) is 12.5. The number of carbonyl (C=O) groups is 1. The Kier molecular flexibility index (Phi) is 3.31. The van der Waals surface area contributed by atoms with Crippen LogP contribution in [0.5, 0.6) is 11.5 Å². The minimum absolute atomic E-state index is 0.0999. The van der Waals surface area contributed by atoms with Crippen LogP contribution in [-0.2, 0) is 0 Å². The summed E-state index contributed by atoms with van der Waals surface area (Å²) in [7, 11) is 0. The number of aromatic nitrogens is 4. The Balaban J connectivity index is 1.60. The standard InChI is InChI=1S/C15H9F2N5O3/c16-15(17)24-12-6-5-9(7-13(12)25-15)19-14(23)10-3-1-2-4-11(10)22-8-18-20-21-22/h1-8H,(H,19,23). The summed E-state index contributed by atoms with van der Waals surface area (Å²) in [6.07, 6.45) is -2.35. The van der Waals surface area contributed by atoms with E-state index in [9.17, 15) is 13.6 Å². The summed E-state index contributed by atoms with van der Waals surface area (Å²) in [6.45, 7) is 0. The van der Waals surface area contributed by atoms with E-state index >= 15 is 0 Å². The fraction of sp³-hybridized carbons (Fsp3) is 0.0667. The predicted molar refractivity (Wildman–Crippen MR) is 79.8 cm³/mol. The molecule has 1 aliphatic heterocycles. The SMILES string of the molecule is O=C(Nc1ccc2c(c1)OC(F)(F)O2)c1ccccc1-n1cnnn1. The van der Waals surface area contributed by atoms with Crippen LogP contribution in [0.15, 0.2) is 48.8 Å². The molecule has 0 bridgehead atoms. The fourth-order valence-corrected chi connectivity index (χ4v) is 2.36. The van der Waals surface area contributed by atoms with Gasteiger partial charge in [0.25, 0.3) is 5.91 Å². The van der Waals surface area contributed by atoms with E-state index < -0.39 is 12.2 Å². The van der Waals surface area contributed by atoms with Gasteiger partial charge in [-0.2, -0.15) is 4.68 Å². The number of fused-ring (bicyclic) bond motifs is 1. The normalized spacial score (nSPS) is 14.3. The van der Waals surface area contributed by atoms with Gasteiger partial charge in [0.15, 0.2) is 11.5 Å². The third kappa shape index (κ3) is 2.84. The molecule has 0 atom stereocenters. The first-order chi connectivity index (χ1) is 12.0. The van der Waals surface area contributed by atoms with Gasteiger partial charge in [-0.25, -0.2) is 0 Å². The molecule has 1 amide bonds. The van der Waals surface area contributed by atoms with E-state index in [0.29, 0.717) is 11.3 Å². The maximum Gasteiger partial charge on any atom is 0.586 e. The van der Waals surface area contributed by atoms with Crippen molar-refractivity contribution < 1.29 is 23.0 Å². The number of tetrazole rings is 1. The first kappa shape index (κ1) is 15.0. The van der Waals surface area contributed by atoms with Crippen molar-refractivity contribution in [2.45, 2.75) is 6.29 Å². The van der Waals surface area contributed by atoms with Crippen molar-refractivity contribution in [2.24, 2.45) is 0 Å². The molecule has 0 radical (unpaired) electrons. The molecule has 4 rings (SSSR count). The molecule has 2 heterocycles. The Morgan fingerprint density at radius 3 is 2.72 bits per heavy atom. The number of hydrogen-bond donors (Lipinski definition) is 1. The van der Waals surface area contributed by atoms with Crippen LogP contribution >= 0.6 is 0 Å². The lowest BCUT2D eigenvalue weighted by Crippen LogP contribution is -2.25. The van der Waals surface area contributed by atoms with Crippen LogP contribution in [-0.4, -0.2) is 32.4 Å². The first-order valence-corrected chi connectivity index (χ1v) is 7.05. The van der Waals surface area contributed by atoms with E-state index in [4.69, 9.17) is 0 Å². The van der Waals surface area contributed by atoms with Gasteiger partial charge in [-0.15, -0.1) is 13.9 Å². The van der Waals surface area contributed by atoms with Crippen LogP contribution in [0.4, 0.5) is 14.5 Å². The van der Waals surface area contributed by atoms with Crippen molar-refractivity contribution in [2.75, 3.05) is 5.32 Å². The number of para-hydroxylation sites is 1. The number of benzene rings is 2. The number of nitrogens with one attached hydrogen (secondary N) is 1. The monoisotopic (exact) mass is 345 g/mol. The largest absolute Gasteiger partial charge is 0.586 e. The predicted octanol–water partition coefficient (Wildman–Crippen LogP) is 2.24. The third-order valence-corrected chi connectivity index (χ3v) is 3.40. The number of halogens is 2. The Hall–Kier alpha value is -3.56. The molecule has 8 nitrogen and oxygen atoms in total. The summed E-state index contributed by atoms with van der Waals surface area (Å²) in [5.74, 6) is -0.717. The molecule has 0 unspecified atom stereocenters. The molecule has 126 valence electrons. The Morgan fingerprint density at radius 2 is 1.92 bits per heavy atom. The van der Waals surface area contributed by atoms with Gasteiger partial charge in [-0.05, 0) is 34.7 Å². The molecule has 3 aromatic rings. The Labute approximate surface area is 139 Å². The minimum atomic E-state index is -3.71. The quantitative estimate of drug-likeness (QED) is 0.783. The van der Waals surface area contributed by atoms with E-state index in [-0.39, 0.29) is 17.2 Å². The summed E-state index contributed by atoms with van der Waals surface area (Å²) in [5.41, 5.74) is 1.05. The van der Waals surface area contributed by atoms with Crippen LogP contribution < -0.4 is 14.8 Å². The number of amides is 1. The second-order valence-corrected chi connectivity index (χ2v) is 5.05. The molecule has 25 heavy (non-hydrogen) atoms. The lowest BCUT2D eigenvalue weighted by atomic mass is 10.1. The summed E-state index contributed by atoms with van der Waals surface area (Å²) in [6, 6.07) is 10.7. The minimum Gasteiger partial charge on any atom is -0.395 e. The van der Waals surface area contributed by atoms with E-state index in [0.717, 1.165) is 0 Å². The molecule has 0 spiro atoms. The smallest absolute Gasteiger partial charge is 0.395 e. The van der Waals surface area contributed by atoms with Gasteiger partial charge in [0.05, 0.1) is 11.3 Å². The highest BCUT2D eigenvalue weighted by atomic mass is 19.3. The highest BCUT2D eigenvalue weighted by Crippen LogP contribution is 2.42. The van der Waals surface area contributed by atoms with Gasteiger partial charge in [-0.3, -0.25) is 4.79 Å². The lowest BCUT2D eigenvalue weighted by molar-refractivity contribution is -0.286. The molecule has 0 saturated carbocycles. The number of rotatable bonds is 3. The molecular formula is C15H9F2N5O3. The molecule has 10 heteroatoms. The maximum atomic E-state index is 13.1. The van der Waals surface area contributed by atoms with Crippen LogP contribution in [0, 0.1) is 0 Å². The third-order valence-electron chi connectivity index (χ3n) is 3.40. The molecular weight excluding hydrogens is 336 g/mol. The average molecular weight is 345 g/mol. The second kappa shape index (κ2) is 5.51. The lowest BCUT2D eigenvalue weighted by Gasteiger charge is -2.09. The highest BCUT2D eigenvalue weighted by Gasteiger charge is 2.43. The van der Waals surface area contributed by atoms with E-state index in [2.05, 4.69) is 30.3 Å². The van der Waals surface area contributed by atoms with Crippen molar-refractivity contribution in [3.05, 3.63) is 54.4 Å². The first-order valence-electron chi connectivity index (χ1n) is 7.05. The van der Waals surface area contributed by atoms with Crippen molar-refractivity contribution >= 4 is 11.6 Å². The number of ether oxygens (including phenoxy) is 2. The van der Waals surface area contributed by atoms with Crippen LogP contribution in [0.3, 0.4) is 0 Å². The van der Waals surface area contributed by atoms with Gasteiger partial charge in [0, 0.05) is 11.8 Å². The molecule has 1 aliphatic rings. The number of hydrogen-bond acceptors (Lipinski definition) is 6. The van der Waals surface area contributed by atoms with Crippen molar-refractivity contribution in [1.29, 1.82) is 0 Å². The van der Waals surface area contributed by atoms with E-state index in [1.165, 1.54) is 29.2 Å². The number of anilines is 1. The molecule has 0 fully saturated rings. The summed E-state index contributed by atoms with van der Waals surface area (Å²) >= 11 is 0. The molecule has 0 aliphatic carbocycles. The summed E-state index contributed by atoms with van der Waals surface area (Å²) in [5, 5.41) is 13.4. The topological polar surface area (TPSA) is 91.2 Å². The van der Waals surface area contributed by atoms with Crippen LogP contribution in [0.2, 0.25) is 0 Å². The van der Waals surface area contributed by atoms with Gasteiger partial charge >= 0.3 is 6.29 Å². The molecule has 0 saturated heterocycles. The zero-order valence-corrected chi connectivity index (χ0v) is 12.4. The average Bonchev–Trinajstić information content (AvgIpc) is 3.20. The van der Waals surface area contributed by atoms with Gasteiger partial charge in [0.2, 0.25) is 0 Å². The number of alkyl halides is 2. The number of carbonyl (C=O) groups excluding carboxylic acids is 1. The molecule has 2 aromatic carbocycles. The molecule has 1 N–H and O–H groups in total. The van der Waals surface area contributed by atoms with E-state index in [1.54, 1.807) is 24.3 Å². The van der Waals surface area contributed by atoms with Crippen molar-refractivity contribution in [3.8, 4) is 17.2 Å². The van der Waals surface area contributed by atoms with Gasteiger partial charge < -0.3 is 14.8 Å². The summed E-state index contributed by atoms with van der Waals surface area (Å²) < 4.78 is 36.1. The van der Waals surface area contributed by atoms with Crippen molar-refractivity contribution in [3.63, 3.8) is 0 Å². The maximum absolute atomic E-state index is 13.1. The Morgan fingerprint density at radius 1 is 1.12 bits per heavy atom. The van der Waals surface area contributed by atoms with Gasteiger partial charge in [-0.1, -0.05) is 12.1 Å². The highest BCUT2D eigenvalue weighted by molar-refractivity contribution is 6.06. The zero-order valence-electron chi connectivity index (χ0n) is 12.4. The molecule has 1 aromatic heterocycles. The zero-order chi connectivity index (χ0) is 17.4. The second-order valence-electron chi connectivity index (χ2n) is 5.05. The Bertz CT molecular complexity index is 946. The number of nitrogens with zero attached hydrogens (tertiary/aromatic N) is 4.